The van der Waals surface area contributed by atoms with E-state index in [9.17, 15) is 14.7 Å². The van der Waals surface area contributed by atoms with Crippen molar-refractivity contribution >= 4 is 29.2 Å². The summed E-state index contributed by atoms with van der Waals surface area (Å²) in [5.74, 6) is -1.38. The minimum Gasteiger partial charge on any atom is -0.480 e. The van der Waals surface area contributed by atoms with E-state index in [1.165, 1.54) is 0 Å². The van der Waals surface area contributed by atoms with Crippen LogP contribution in [0.15, 0.2) is 24.3 Å². The Morgan fingerprint density at radius 3 is 2.62 bits per heavy atom. The molecule has 114 valence electrons. The van der Waals surface area contributed by atoms with E-state index in [-0.39, 0.29) is 12.3 Å². The lowest BCUT2D eigenvalue weighted by atomic mass is 10.1. The molecule has 6 nitrogen and oxygen atoms in total. The van der Waals surface area contributed by atoms with Crippen molar-refractivity contribution in [2.75, 3.05) is 31.6 Å². The van der Waals surface area contributed by atoms with Crippen molar-refractivity contribution in [1.82, 2.24) is 4.90 Å². The first kappa shape index (κ1) is 15.8. The molecule has 2 N–H and O–H groups in total. The van der Waals surface area contributed by atoms with E-state index >= 15 is 0 Å². The van der Waals surface area contributed by atoms with E-state index in [1.54, 1.807) is 29.2 Å². The van der Waals surface area contributed by atoms with Gasteiger partial charge in [0, 0.05) is 13.1 Å². The van der Waals surface area contributed by atoms with Gasteiger partial charge >= 0.3 is 5.97 Å². The Balaban J connectivity index is 1.98. The third-order valence-electron chi connectivity index (χ3n) is 3.30. The summed E-state index contributed by atoms with van der Waals surface area (Å²) in [6.07, 6.45) is -0.124. The number of nitrogens with zero attached hydrogens (tertiary/aromatic N) is 1. The third kappa shape index (κ3) is 4.42. The van der Waals surface area contributed by atoms with Gasteiger partial charge < -0.3 is 15.2 Å². The van der Waals surface area contributed by atoms with Crippen LogP contribution in [-0.2, 0) is 14.3 Å². The molecule has 2 rings (SSSR count). The number of hydrogen-bond acceptors (Lipinski definition) is 4. The van der Waals surface area contributed by atoms with Gasteiger partial charge in [-0.05, 0) is 12.1 Å². The molecular weight excluding hydrogens is 296 g/mol. The van der Waals surface area contributed by atoms with Crippen molar-refractivity contribution in [3.05, 3.63) is 29.3 Å². The summed E-state index contributed by atoms with van der Waals surface area (Å²) in [6, 6.07) is 5.99. The number of halogens is 1. The van der Waals surface area contributed by atoms with Crippen LogP contribution < -0.4 is 5.32 Å². The maximum atomic E-state index is 12.0. The highest BCUT2D eigenvalue weighted by molar-refractivity contribution is 6.33. The molecule has 0 unspecified atom stereocenters. The number of aliphatic carboxylic acids is 1. The maximum Gasteiger partial charge on any atom is 0.321 e. The van der Waals surface area contributed by atoms with Gasteiger partial charge in [-0.15, -0.1) is 0 Å². The number of rotatable bonds is 5. The lowest BCUT2D eigenvalue weighted by Crippen LogP contribution is -2.48. The van der Waals surface area contributed by atoms with Crippen LogP contribution in [0.3, 0.4) is 0 Å². The number of carboxylic acid groups (broad SMARTS) is 1. The van der Waals surface area contributed by atoms with Gasteiger partial charge in [-0.25, -0.2) is 0 Å². The number of nitrogens with one attached hydrogen (secondary N) is 1. The molecule has 1 aromatic carbocycles. The van der Waals surface area contributed by atoms with Gasteiger partial charge in [-0.3, -0.25) is 14.5 Å². The fourth-order valence-electron chi connectivity index (χ4n) is 2.20. The zero-order valence-corrected chi connectivity index (χ0v) is 12.2. The fraction of sp³-hybridized carbons (Fsp3) is 0.429. The highest BCUT2D eigenvalue weighted by Crippen LogP contribution is 2.21. The molecule has 1 amide bonds. The molecular formula is C14H17ClN2O4. The van der Waals surface area contributed by atoms with E-state index in [0.29, 0.717) is 37.0 Å². The number of amides is 1. The number of para-hydroxylation sites is 1. The number of carbonyl (C=O) groups is 2. The normalized spacial score (nSPS) is 17.2. The van der Waals surface area contributed by atoms with Gasteiger partial charge in [0.1, 0.15) is 6.04 Å². The van der Waals surface area contributed by atoms with Crippen molar-refractivity contribution in [2.24, 2.45) is 0 Å². The Morgan fingerprint density at radius 2 is 2.00 bits per heavy atom. The number of anilines is 1. The molecule has 0 aromatic heterocycles. The lowest BCUT2D eigenvalue weighted by Gasteiger charge is -2.31. The number of morpholine rings is 1. The van der Waals surface area contributed by atoms with Gasteiger partial charge in [0.15, 0.2) is 0 Å². The molecule has 0 spiro atoms. The van der Waals surface area contributed by atoms with Crippen molar-refractivity contribution < 1.29 is 19.4 Å². The number of hydrogen-bond donors (Lipinski definition) is 2. The minimum atomic E-state index is -1.01. The van der Waals surface area contributed by atoms with Crippen LogP contribution >= 0.6 is 11.6 Å². The van der Waals surface area contributed by atoms with Gasteiger partial charge in [0.05, 0.1) is 30.3 Å². The molecule has 1 aliphatic heterocycles. The molecule has 1 aromatic rings. The molecule has 0 aliphatic carbocycles. The van der Waals surface area contributed by atoms with Crippen LogP contribution in [0, 0.1) is 0 Å². The van der Waals surface area contributed by atoms with Crippen LogP contribution in [-0.4, -0.2) is 54.2 Å². The first-order valence-corrected chi connectivity index (χ1v) is 7.04. The van der Waals surface area contributed by atoms with Crippen molar-refractivity contribution in [3.63, 3.8) is 0 Å². The van der Waals surface area contributed by atoms with Gasteiger partial charge in [0.25, 0.3) is 0 Å². The maximum absolute atomic E-state index is 12.0. The van der Waals surface area contributed by atoms with E-state index in [1.807, 2.05) is 0 Å². The average Bonchev–Trinajstić information content (AvgIpc) is 2.48. The standard InChI is InChI=1S/C14H17ClN2O4/c15-10-3-1-2-4-11(10)16-13(18)9-12(14(19)20)17-5-7-21-8-6-17/h1-4,12H,5-9H2,(H,16,18)(H,19,20)/t12-/m1/s1. The zero-order valence-electron chi connectivity index (χ0n) is 11.4. The second-order valence-electron chi connectivity index (χ2n) is 4.73. The van der Waals surface area contributed by atoms with Gasteiger partial charge in [-0.1, -0.05) is 23.7 Å². The van der Waals surface area contributed by atoms with Crippen LogP contribution in [0.1, 0.15) is 6.42 Å². The van der Waals surface area contributed by atoms with E-state index in [0.717, 1.165) is 0 Å². The van der Waals surface area contributed by atoms with Crippen LogP contribution in [0.25, 0.3) is 0 Å². The number of carboxylic acids is 1. The molecule has 0 radical (unpaired) electrons. The first-order valence-electron chi connectivity index (χ1n) is 6.67. The summed E-state index contributed by atoms with van der Waals surface area (Å²) in [7, 11) is 0. The van der Waals surface area contributed by atoms with Crippen LogP contribution in [0.5, 0.6) is 0 Å². The Kier molecular flexibility index (Phi) is 5.55. The summed E-state index contributed by atoms with van der Waals surface area (Å²) in [5, 5.41) is 12.4. The Morgan fingerprint density at radius 1 is 1.33 bits per heavy atom. The molecule has 1 atom stereocenters. The van der Waals surface area contributed by atoms with Crippen LogP contribution in [0.4, 0.5) is 5.69 Å². The Hall–Kier alpha value is -1.63. The highest BCUT2D eigenvalue weighted by Gasteiger charge is 2.29. The minimum absolute atomic E-state index is 0.124. The fourth-order valence-corrected chi connectivity index (χ4v) is 2.38. The Bertz CT molecular complexity index is 517. The quantitative estimate of drug-likeness (QED) is 0.860. The number of benzene rings is 1. The second-order valence-corrected chi connectivity index (χ2v) is 5.14. The Labute approximate surface area is 127 Å². The summed E-state index contributed by atoms with van der Waals surface area (Å²) >= 11 is 5.96. The molecule has 7 heteroatoms. The molecule has 1 aliphatic rings. The number of carbonyl (C=O) groups excluding carboxylic acids is 1. The van der Waals surface area contributed by atoms with Crippen molar-refractivity contribution in [3.8, 4) is 0 Å². The summed E-state index contributed by atoms with van der Waals surface area (Å²) in [6.45, 7) is 1.98. The molecule has 0 saturated carbocycles. The van der Waals surface area contributed by atoms with Gasteiger partial charge in [-0.2, -0.15) is 0 Å². The predicted molar refractivity (Wildman–Crippen MR) is 78.5 cm³/mol. The first-order chi connectivity index (χ1) is 10.1. The zero-order chi connectivity index (χ0) is 15.2. The topological polar surface area (TPSA) is 78.9 Å². The lowest BCUT2D eigenvalue weighted by molar-refractivity contribution is -0.147. The van der Waals surface area contributed by atoms with Gasteiger partial charge in [0.2, 0.25) is 5.91 Å². The summed E-state index contributed by atoms with van der Waals surface area (Å²) < 4.78 is 5.19. The molecule has 0 bridgehead atoms. The smallest absolute Gasteiger partial charge is 0.321 e. The van der Waals surface area contributed by atoms with E-state index < -0.39 is 12.0 Å². The molecule has 1 saturated heterocycles. The monoisotopic (exact) mass is 312 g/mol. The van der Waals surface area contributed by atoms with E-state index in [2.05, 4.69) is 5.32 Å². The molecule has 1 heterocycles. The average molecular weight is 313 g/mol. The largest absolute Gasteiger partial charge is 0.480 e. The highest BCUT2D eigenvalue weighted by atomic mass is 35.5. The van der Waals surface area contributed by atoms with Crippen molar-refractivity contribution in [1.29, 1.82) is 0 Å². The van der Waals surface area contributed by atoms with Crippen molar-refractivity contribution in [2.45, 2.75) is 12.5 Å². The van der Waals surface area contributed by atoms with Crippen LogP contribution in [0.2, 0.25) is 5.02 Å². The SMILES string of the molecule is O=C(C[C@H](C(=O)O)N1CCOCC1)Nc1ccccc1Cl. The molecule has 21 heavy (non-hydrogen) atoms. The predicted octanol–water partition coefficient (Wildman–Crippen LogP) is 1.45. The number of ether oxygens (including phenoxy) is 1. The summed E-state index contributed by atoms with van der Waals surface area (Å²) in [5.41, 5.74) is 0.482. The second kappa shape index (κ2) is 7.40. The van der Waals surface area contributed by atoms with E-state index in [4.69, 9.17) is 16.3 Å². The molecule has 1 fully saturated rings. The third-order valence-corrected chi connectivity index (χ3v) is 3.63. The summed E-state index contributed by atoms with van der Waals surface area (Å²) in [4.78, 5) is 25.1.